The standard InChI is InChI=1S/C17H19N5OS2/c1-23-15-8-6-12(7-9-15)16-18-13(10-24-16)11-25-17-19-20-21-22(17)14-4-2-3-5-14/h6-10,14H,2-5,11H2,1H3. The minimum absolute atomic E-state index is 0.461. The molecule has 0 spiro atoms. The van der Waals surface area contributed by atoms with E-state index in [1.807, 2.05) is 28.9 Å². The Morgan fingerprint density at radius 1 is 1.24 bits per heavy atom. The lowest BCUT2D eigenvalue weighted by Gasteiger charge is -2.10. The summed E-state index contributed by atoms with van der Waals surface area (Å²) in [4.78, 5) is 4.74. The number of nitrogens with zero attached hydrogens (tertiary/aromatic N) is 5. The van der Waals surface area contributed by atoms with Crippen LogP contribution in [0.25, 0.3) is 10.6 Å². The molecule has 2 aromatic heterocycles. The van der Waals surface area contributed by atoms with Gasteiger partial charge in [0.1, 0.15) is 10.8 Å². The zero-order valence-corrected chi connectivity index (χ0v) is 15.6. The SMILES string of the molecule is COc1ccc(-c2nc(CSc3nnnn3C3CCCC3)cs2)cc1. The minimum atomic E-state index is 0.461. The Kier molecular flexibility index (Phi) is 4.98. The number of hydrogen-bond acceptors (Lipinski definition) is 7. The fourth-order valence-corrected chi connectivity index (χ4v) is 4.80. The van der Waals surface area contributed by atoms with Crippen LogP contribution in [-0.2, 0) is 5.75 Å². The first kappa shape index (κ1) is 16.5. The molecule has 6 nitrogen and oxygen atoms in total. The first-order chi connectivity index (χ1) is 12.3. The number of ether oxygens (including phenoxy) is 1. The van der Waals surface area contributed by atoms with Crippen molar-refractivity contribution in [2.75, 3.05) is 7.11 Å². The summed E-state index contributed by atoms with van der Waals surface area (Å²) in [6.45, 7) is 0. The first-order valence-electron chi connectivity index (χ1n) is 8.33. The third-order valence-corrected chi connectivity index (χ3v) is 6.28. The minimum Gasteiger partial charge on any atom is -0.497 e. The summed E-state index contributed by atoms with van der Waals surface area (Å²) < 4.78 is 7.20. The molecular formula is C17H19N5OS2. The van der Waals surface area contributed by atoms with Crippen LogP contribution < -0.4 is 4.74 Å². The van der Waals surface area contributed by atoms with Gasteiger partial charge in [0.15, 0.2) is 0 Å². The Bertz CT molecular complexity index is 824. The zero-order chi connectivity index (χ0) is 17.1. The molecule has 3 aromatic rings. The predicted octanol–water partition coefficient (Wildman–Crippen LogP) is 4.21. The number of hydrogen-bond donors (Lipinski definition) is 0. The molecular weight excluding hydrogens is 354 g/mol. The fraction of sp³-hybridized carbons (Fsp3) is 0.412. The highest BCUT2D eigenvalue weighted by Crippen LogP contribution is 2.33. The Hall–Kier alpha value is -1.93. The highest BCUT2D eigenvalue weighted by molar-refractivity contribution is 7.98. The van der Waals surface area contributed by atoms with Gasteiger partial charge in [0.05, 0.1) is 18.8 Å². The highest BCUT2D eigenvalue weighted by Gasteiger charge is 2.21. The van der Waals surface area contributed by atoms with Crippen molar-refractivity contribution in [2.45, 2.75) is 42.6 Å². The molecule has 8 heteroatoms. The summed E-state index contributed by atoms with van der Waals surface area (Å²) in [7, 11) is 1.67. The van der Waals surface area contributed by atoms with E-state index in [1.165, 1.54) is 25.7 Å². The summed E-state index contributed by atoms with van der Waals surface area (Å²) in [5.41, 5.74) is 2.17. The molecule has 4 rings (SSSR count). The molecule has 25 heavy (non-hydrogen) atoms. The van der Waals surface area contributed by atoms with Gasteiger partial charge in [-0.1, -0.05) is 24.6 Å². The Morgan fingerprint density at radius 2 is 2.04 bits per heavy atom. The molecule has 0 N–H and O–H groups in total. The summed E-state index contributed by atoms with van der Waals surface area (Å²) in [5, 5.41) is 16.3. The third kappa shape index (κ3) is 3.69. The molecule has 1 fully saturated rings. The predicted molar refractivity (Wildman–Crippen MR) is 99.0 cm³/mol. The number of benzene rings is 1. The molecule has 0 aliphatic heterocycles. The lowest BCUT2D eigenvalue weighted by atomic mass is 10.2. The molecule has 0 radical (unpaired) electrons. The van der Waals surface area contributed by atoms with E-state index in [-0.39, 0.29) is 0 Å². The summed E-state index contributed by atoms with van der Waals surface area (Å²) >= 11 is 3.32. The van der Waals surface area contributed by atoms with Crippen LogP contribution in [0.4, 0.5) is 0 Å². The van der Waals surface area contributed by atoms with Crippen molar-refractivity contribution in [3.8, 4) is 16.3 Å². The van der Waals surface area contributed by atoms with E-state index < -0.39 is 0 Å². The quantitative estimate of drug-likeness (QED) is 0.603. The van der Waals surface area contributed by atoms with Crippen molar-refractivity contribution in [2.24, 2.45) is 0 Å². The number of thiazole rings is 1. The molecule has 1 aromatic carbocycles. The van der Waals surface area contributed by atoms with Gasteiger partial charge in [-0.3, -0.25) is 0 Å². The molecule has 1 saturated carbocycles. The topological polar surface area (TPSA) is 65.7 Å². The Labute approximate surface area is 154 Å². The van der Waals surface area contributed by atoms with Gasteiger partial charge in [-0.2, -0.15) is 0 Å². The number of thioether (sulfide) groups is 1. The molecule has 1 aliphatic carbocycles. The molecule has 1 aliphatic rings. The van der Waals surface area contributed by atoms with Crippen LogP contribution in [0.15, 0.2) is 34.8 Å². The van der Waals surface area contributed by atoms with Crippen LogP contribution >= 0.6 is 23.1 Å². The van der Waals surface area contributed by atoms with E-state index in [0.717, 1.165) is 32.9 Å². The second-order valence-corrected chi connectivity index (χ2v) is 7.81. The summed E-state index contributed by atoms with van der Waals surface area (Å²) in [6.07, 6.45) is 4.89. The van der Waals surface area contributed by atoms with Gasteiger partial charge in [0, 0.05) is 16.7 Å². The van der Waals surface area contributed by atoms with E-state index in [4.69, 9.17) is 9.72 Å². The van der Waals surface area contributed by atoms with Crippen molar-refractivity contribution < 1.29 is 4.74 Å². The van der Waals surface area contributed by atoms with Gasteiger partial charge >= 0.3 is 0 Å². The van der Waals surface area contributed by atoms with Crippen LogP contribution in [0, 0.1) is 0 Å². The van der Waals surface area contributed by atoms with Gasteiger partial charge in [0.2, 0.25) is 5.16 Å². The number of methoxy groups -OCH3 is 1. The first-order valence-corrected chi connectivity index (χ1v) is 10.2. The number of rotatable bonds is 6. The van der Waals surface area contributed by atoms with Gasteiger partial charge in [0.25, 0.3) is 0 Å². The molecule has 2 heterocycles. The van der Waals surface area contributed by atoms with E-state index in [9.17, 15) is 0 Å². The molecule has 0 unspecified atom stereocenters. The van der Waals surface area contributed by atoms with Crippen LogP contribution in [0.1, 0.15) is 37.4 Å². The number of aromatic nitrogens is 5. The second kappa shape index (κ2) is 7.53. The van der Waals surface area contributed by atoms with Crippen LogP contribution in [0.2, 0.25) is 0 Å². The van der Waals surface area contributed by atoms with Crippen molar-refractivity contribution >= 4 is 23.1 Å². The summed E-state index contributed by atoms with van der Waals surface area (Å²) in [5.74, 6) is 1.63. The second-order valence-electron chi connectivity index (χ2n) is 6.01. The van der Waals surface area contributed by atoms with Crippen LogP contribution in [-0.4, -0.2) is 32.3 Å². The maximum atomic E-state index is 5.20. The van der Waals surface area contributed by atoms with Crippen LogP contribution in [0.5, 0.6) is 5.75 Å². The molecule has 0 atom stereocenters. The fourth-order valence-electron chi connectivity index (χ4n) is 3.04. The van der Waals surface area contributed by atoms with Crippen LogP contribution in [0.3, 0.4) is 0 Å². The third-order valence-electron chi connectivity index (χ3n) is 4.37. The maximum Gasteiger partial charge on any atom is 0.209 e. The van der Waals surface area contributed by atoms with Gasteiger partial charge in [-0.05, 0) is 47.5 Å². The van der Waals surface area contributed by atoms with E-state index >= 15 is 0 Å². The van der Waals surface area contributed by atoms with Gasteiger partial charge in [-0.25, -0.2) is 9.67 Å². The van der Waals surface area contributed by atoms with Crippen molar-refractivity contribution in [3.05, 3.63) is 35.3 Å². The number of tetrazole rings is 1. The maximum absolute atomic E-state index is 5.20. The lowest BCUT2D eigenvalue weighted by molar-refractivity contribution is 0.415. The average molecular weight is 374 g/mol. The van der Waals surface area contributed by atoms with E-state index in [1.54, 1.807) is 30.2 Å². The Balaban J connectivity index is 1.42. The zero-order valence-electron chi connectivity index (χ0n) is 14.0. The monoisotopic (exact) mass is 373 g/mol. The van der Waals surface area contributed by atoms with Crippen molar-refractivity contribution in [1.29, 1.82) is 0 Å². The largest absolute Gasteiger partial charge is 0.497 e. The van der Waals surface area contributed by atoms with E-state index in [2.05, 4.69) is 20.9 Å². The Morgan fingerprint density at radius 3 is 2.80 bits per heavy atom. The smallest absolute Gasteiger partial charge is 0.209 e. The molecule has 0 bridgehead atoms. The van der Waals surface area contributed by atoms with Crippen molar-refractivity contribution in [3.63, 3.8) is 0 Å². The van der Waals surface area contributed by atoms with Gasteiger partial charge < -0.3 is 4.74 Å². The normalized spacial score (nSPS) is 14.9. The van der Waals surface area contributed by atoms with Crippen molar-refractivity contribution in [1.82, 2.24) is 25.2 Å². The lowest BCUT2D eigenvalue weighted by Crippen LogP contribution is -2.08. The van der Waals surface area contributed by atoms with E-state index in [0.29, 0.717) is 6.04 Å². The summed E-state index contributed by atoms with van der Waals surface area (Å²) in [6, 6.07) is 8.45. The molecule has 0 amide bonds. The average Bonchev–Trinajstić information content (AvgIpc) is 3.40. The highest BCUT2D eigenvalue weighted by atomic mass is 32.2. The van der Waals surface area contributed by atoms with Gasteiger partial charge in [-0.15, -0.1) is 16.4 Å². The molecule has 130 valence electrons. The molecule has 0 saturated heterocycles.